The number of methoxy groups -OCH3 is 1. The Kier molecular flexibility index (Phi) is 7.75. The zero-order valence-electron chi connectivity index (χ0n) is 32.9. The molecular weight excluding hydrogens is 733 g/mol. The van der Waals surface area contributed by atoms with Crippen LogP contribution in [0.25, 0.3) is 82.3 Å². The standard InChI is InChI=1S/C55H38N4O/c1-60-42-16-11-13-38(32-42)35-22-24-37(25-23-35)54-56-53-43-17-6-5-12-36(43)26-30-47(53)55(57-54)59-50-21-10-7-18-44(50)46-29-27-40(34-52(46)59)39-28-31-51-48(33-39)45-19-8-9-20-49(45)58(51)41-14-3-2-4-15-41/h2-34,54,56H,1H3. The second kappa shape index (κ2) is 13.6. The van der Waals surface area contributed by atoms with Gasteiger partial charge in [0.25, 0.3) is 0 Å². The van der Waals surface area contributed by atoms with Crippen molar-refractivity contribution in [3.63, 3.8) is 0 Å². The van der Waals surface area contributed by atoms with Gasteiger partial charge < -0.3 is 14.6 Å². The van der Waals surface area contributed by atoms with Crippen molar-refractivity contribution in [1.29, 1.82) is 0 Å². The lowest BCUT2D eigenvalue weighted by Gasteiger charge is -2.28. The number of anilines is 1. The monoisotopic (exact) mass is 770 g/mol. The third kappa shape index (κ3) is 5.36. The summed E-state index contributed by atoms with van der Waals surface area (Å²) in [7, 11) is 1.71. The van der Waals surface area contributed by atoms with Gasteiger partial charge >= 0.3 is 0 Å². The molecule has 12 rings (SSSR count). The summed E-state index contributed by atoms with van der Waals surface area (Å²) >= 11 is 0. The lowest BCUT2D eigenvalue weighted by Crippen LogP contribution is -2.25. The van der Waals surface area contributed by atoms with Gasteiger partial charge in [0.15, 0.2) is 0 Å². The Labute approximate surface area is 347 Å². The van der Waals surface area contributed by atoms with E-state index in [9.17, 15) is 0 Å². The van der Waals surface area contributed by atoms with E-state index in [-0.39, 0.29) is 6.17 Å². The number of ether oxygens (including phenoxy) is 1. The van der Waals surface area contributed by atoms with Crippen molar-refractivity contribution in [2.24, 2.45) is 4.99 Å². The summed E-state index contributed by atoms with van der Waals surface area (Å²) in [5, 5.41) is 11.1. The Morgan fingerprint density at radius 3 is 1.90 bits per heavy atom. The number of nitrogens with zero attached hydrogens (tertiary/aromatic N) is 3. The highest BCUT2D eigenvalue weighted by Crippen LogP contribution is 2.41. The molecule has 1 aliphatic rings. The molecule has 0 bridgehead atoms. The van der Waals surface area contributed by atoms with Crippen molar-refractivity contribution in [2.45, 2.75) is 6.17 Å². The van der Waals surface area contributed by atoms with Gasteiger partial charge in [-0.15, -0.1) is 0 Å². The van der Waals surface area contributed by atoms with Crippen molar-refractivity contribution >= 4 is 65.9 Å². The van der Waals surface area contributed by atoms with Gasteiger partial charge in [-0.05, 0) is 93.9 Å². The van der Waals surface area contributed by atoms with Crippen LogP contribution in [-0.2, 0) is 0 Å². The number of fused-ring (bicyclic) bond motifs is 9. The van der Waals surface area contributed by atoms with E-state index < -0.39 is 0 Å². The lowest BCUT2D eigenvalue weighted by molar-refractivity contribution is 0.415. The molecule has 5 nitrogen and oxygen atoms in total. The van der Waals surface area contributed by atoms with Crippen molar-refractivity contribution in [3.8, 4) is 33.7 Å². The van der Waals surface area contributed by atoms with E-state index in [1.54, 1.807) is 7.11 Å². The molecule has 0 spiro atoms. The van der Waals surface area contributed by atoms with Crippen molar-refractivity contribution < 1.29 is 4.74 Å². The average molecular weight is 771 g/mol. The molecule has 0 saturated heterocycles. The van der Waals surface area contributed by atoms with Crippen molar-refractivity contribution in [3.05, 3.63) is 211 Å². The quantitative estimate of drug-likeness (QED) is 0.189. The third-order valence-electron chi connectivity index (χ3n) is 12.2. The topological polar surface area (TPSA) is 43.5 Å². The number of benzene rings is 9. The fourth-order valence-electron chi connectivity index (χ4n) is 9.36. The Morgan fingerprint density at radius 2 is 1.08 bits per heavy atom. The van der Waals surface area contributed by atoms with E-state index in [1.165, 1.54) is 48.9 Å². The van der Waals surface area contributed by atoms with E-state index in [2.05, 4.69) is 203 Å². The fraction of sp³-hybridized carbons (Fsp3) is 0.0364. The first-order valence-corrected chi connectivity index (χ1v) is 20.4. The number of aromatic nitrogens is 2. The summed E-state index contributed by atoms with van der Waals surface area (Å²) in [4.78, 5) is 5.63. The average Bonchev–Trinajstić information content (AvgIpc) is 3.83. The number of aliphatic imine (C=N–C) groups is 1. The molecule has 9 aromatic carbocycles. The van der Waals surface area contributed by atoms with Crippen LogP contribution in [0.5, 0.6) is 5.75 Å². The summed E-state index contributed by atoms with van der Waals surface area (Å²) in [5.41, 5.74) is 13.6. The molecule has 0 aliphatic carbocycles. The highest BCUT2D eigenvalue weighted by atomic mass is 16.5. The van der Waals surface area contributed by atoms with E-state index >= 15 is 0 Å². The SMILES string of the molecule is COc1cccc(-c2ccc(C3N=C(n4c5ccccc5c5ccc(-c6ccc7c(c6)c6ccccc6n7-c6ccccc6)cc54)c4ccc5ccccc5c4N3)cc2)c1. The third-order valence-corrected chi connectivity index (χ3v) is 12.2. The minimum Gasteiger partial charge on any atom is -0.497 e. The fourth-order valence-corrected chi connectivity index (χ4v) is 9.36. The molecular formula is C55H38N4O. The molecule has 0 amide bonds. The Hall–Kier alpha value is -7.89. The Morgan fingerprint density at radius 1 is 0.450 bits per heavy atom. The van der Waals surface area contributed by atoms with E-state index in [0.29, 0.717) is 0 Å². The van der Waals surface area contributed by atoms with Gasteiger partial charge in [0.05, 0.1) is 34.9 Å². The van der Waals surface area contributed by atoms with Gasteiger partial charge in [-0.2, -0.15) is 0 Å². The second-order valence-corrected chi connectivity index (χ2v) is 15.6. The van der Waals surface area contributed by atoms with Crippen LogP contribution in [0.3, 0.4) is 0 Å². The van der Waals surface area contributed by atoms with Crippen LogP contribution in [0.1, 0.15) is 17.3 Å². The molecule has 1 aliphatic heterocycles. The predicted molar refractivity (Wildman–Crippen MR) is 250 cm³/mol. The molecule has 0 fully saturated rings. The van der Waals surface area contributed by atoms with E-state index in [1.807, 2.05) is 12.1 Å². The van der Waals surface area contributed by atoms with Gasteiger partial charge in [0.1, 0.15) is 17.8 Å². The van der Waals surface area contributed by atoms with Crippen LogP contribution in [0.2, 0.25) is 0 Å². The van der Waals surface area contributed by atoms with E-state index in [0.717, 1.165) is 61.8 Å². The minimum absolute atomic E-state index is 0.318. The zero-order valence-corrected chi connectivity index (χ0v) is 32.9. The molecule has 0 saturated carbocycles. The number of nitrogens with one attached hydrogen (secondary N) is 1. The number of rotatable bonds is 5. The van der Waals surface area contributed by atoms with Crippen LogP contribution < -0.4 is 10.1 Å². The molecule has 0 radical (unpaired) electrons. The summed E-state index contributed by atoms with van der Waals surface area (Å²) in [6.07, 6.45) is -0.318. The van der Waals surface area contributed by atoms with Gasteiger partial charge in [-0.1, -0.05) is 140 Å². The van der Waals surface area contributed by atoms with Gasteiger partial charge in [0.2, 0.25) is 0 Å². The number of hydrogen-bond donors (Lipinski definition) is 1. The normalized spacial score (nSPS) is 13.8. The first-order valence-electron chi connectivity index (χ1n) is 20.4. The van der Waals surface area contributed by atoms with Crippen LogP contribution in [0.4, 0.5) is 5.69 Å². The van der Waals surface area contributed by atoms with Crippen molar-refractivity contribution in [1.82, 2.24) is 9.13 Å². The van der Waals surface area contributed by atoms with Gasteiger partial charge in [-0.25, -0.2) is 4.99 Å². The number of para-hydroxylation sites is 3. The summed E-state index contributed by atoms with van der Waals surface area (Å²) in [6.45, 7) is 0. The Balaban J connectivity index is 1.05. The molecule has 5 heteroatoms. The first kappa shape index (κ1) is 34.2. The predicted octanol–water partition coefficient (Wildman–Crippen LogP) is 13.8. The van der Waals surface area contributed by atoms with Crippen LogP contribution in [0.15, 0.2) is 205 Å². The molecule has 1 N–H and O–H groups in total. The molecule has 1 unspecified atom stereocenters. The first-order chi connectivity index (χ1) is 29.7. The highest BCUT2D eigenvalue weighted by Gasteiger charge is 2.27. The molecule has 11 aromatic rings. The molecule has 2 aromatic heterocycles. The maximum Gasteiger partial charge on any atom is 0.147 e. The summed E-state index contributed by atoms with van der Waals surface area (Å²) in [5.74, 6) is 1.76. The van der Waals surface area contributed by atoms with E-state index in [4.69, 9.17) is 9.73 Å². The minimum atomic E-state index is -0.318. The van der Waals surface area contributed by atoms with Crippen LogP contribution in [-0.4, -0.2) is 22.1 Å². The summed E-state index contributed by atoms with van der Waals surface area (Å²) in [6, 6.07) is 71.9. The lowest BCUT2D eigenvalue weighted by atomic mass is 9.98. The summed E-state index contributed by atoms with van der Waals surface area (Å²) < 4.78 is 10.3. The van der Waals surface area contributed by atoms with Gasteiger partial charge in [0, 0.05) is 38.2 Å². The van der Waals surface area contributed by atoms with Crippen molar-refractivity contribution in [2.75, 3.05) is 12.4 Å². The molecule has 1 atom stereocenters. The van der Waals surface area contributed by atoms with Crippen LogP contribution in [0, 0.1) is 0 Å². The maximum absolute atomic E-state index is 5.63. The smallest absolute Gasteiger partial charge is 0.147 e. The zero-order chi connectivity index (χ0) is 39.7. The van der Waals surface area contributed by atoms with Gasteiger partial charge in [-0.3, -0.25) is 4.57 Å². The molecule has 60 heavy (non-hydrogen) atoms. The molecule has 284 valence electrons. The largest absolute Gasteiger partial charge is 0.497 e. The molecule has 3 heterocycles. The highest BCUT2D eigenvalue weighted by molar-refractivity contribution is 6.22. The Bertz CT molecular complexity index is 3500. The second-order valence-electron chi connectivity index (χ2n) is 15.6. The number of hydrogen-bond acceptors (Lipinski definition) is 3. The van der Waals surface area contributed by atoms with Crippen LogP contribution >= 0.6 is 0 Å². The maximum atomic E-state index is 5.63.